The van der Waals surface area contributed by atoms with E-state index in [1.165, 1.54) is 0 Å². The Labute approximate surface area is 204 Å². The molecular weight excluding hydrogens is 462 g/mol. The van der Waals surface area contributed by atoms with Crippen LogP contribution in [0.15, 0.2) is 66.6 Å². The smallest absolute Gasteiger partial charge is 0.237 e. The quantitative estimate of drug-likeness (QED) is 0.230. The topological polar surface area (TPSA) is 123 Å². The van der Waals surface area contributed by atoms with Gasteiger partial charge in [-0.3, -0.25) is 9.71 Å². The number of aromatic amines is 1. The monoisotopic (exact) mass is 489 g/mol. The second-order valence-corrected chi connectivity index (χ2v) is 10.6. The van der Waals surface area contributed by atoms with E-state index in [4.69, 9.17) is 10.7 Å². The predicted octanol–water partition coefficient (Wildman–Crippen LogP) is 5.23. The number of nitrogens with one attached hydrogen (secondary N) is 2. The number of hydrogen-bond acceptors (Lipinski definition) is 6. The van der Waals surface area contributed by atoms with Crippen LogP contribution in [0.1, 0.15) is 38.7 Å². The third kappa shape index (κ3) is 4.52. The molecule has 4 aromatic rings. The summed E-state index contributed by atoms with van der Waals surface area (Å²) in [6.45, 7) is 3.85. The molecule has 0 radical (unpaired) electrons. The van der Waals surface area contributed by atoms with Gasteiger partial charge in [0.25, 0.3) is 0 Å². The molecule has 2 aromatic carbocycles. The van der Waals surface area contributed by atoms with Crippen LogP contribution in [0, 0.1) is 0 Å². The fourth-order valence-electron chi connectivity index (χ4n) is 4.32. The van der Waals surface area contributed by atoms with Gasteiger partial charge in [0.2, 0.25) is 16.0 Å². The standard InChI is InChI=1S/C26H27N5O3S/c1-3-20(16(2)34-27)18-14-22(21-10-7-13-28-24(21)17-8-5-4-6-9-17)25-23(15-18)29-26(30-25)31-35(32,33)19-11-12-19/h4-10,13-15,19H,3,11-12,27H2,1-2H3,(H2,29,30,31). The molecule has 2 heterocycles. The summed E-state index contributed by atoms with van der Waals surface area (Å²) < 4.78 is 27.8. The van der Waals surface area contributed by atoms with E-state index in [9.17, 15) is 8.42 Å². The second-order valence-electron chi connectivity index (χ2n) is 8.62. The lowest BCUT2D eigenvalue weighted by Gasteiger charge is -2.14. The van der Waals surface area contributed by atoms with Crippen LogP contribution >= 0.6 is 0 Å². The number of hydrogen-bond donors (Lipinski definition) is 3. The summed E-state index contributed by atoms with van der Waals surface area (Å²) in [5.74, 6) is 6.30. The van der Waals surface area contributed by atoms with Crippen molar-refractivity contribution in [2.75, 3.05) is 4.72 Å². The summed E-state index contributed by atoms with van der Waals surface area (Å²) in [5, 5.41) is -0.354. The molecule has 0 spiro atoms. The van der Waals surface area contributed by atoms with Crippen LogP contribution < -0.4 is 10.6 Å². The first-order valence-electron chi connectivity index (χ1n) is 11.5. The molecule has 35 heavy (non-hydrogen) atoms. The Morgan fingerprint density at radius 2 is 1.91 bits per heavy atom. The number of benzene rings is 2. The van der Waals surface area contributed by atoms with Gasteiger partial charge in [-0.05, 0) is 55.5 Å². The van der Waals surface area contributed by atoms with Crippen molar-refractivity contribution in [1.82, 2.24) is 15.0 Å². The van der Waals surface area contributed by atoms with Crippen LogP contribution in [0.4, 0.5) is 5.95 Å². The van der Waals surface area contributed by atoms with Crippen LogP contribution in [0.3, 0.4) is 0 Å². The van der Waals surface area contributed by atoms with E-state index in [0.29, 0.717) is 36.1 Å². The summed E-state index contributed by atoms with van der Waals surface area (Å²) in [5.41, 5.74) is 6.68. The summed E-state index contributed by atoms with van der Waals surface area (Å²) in [6, 6.07) is 17.8. The molecule has 1 aliphatic carbocycles. The molecule has 0 saturated heterocycles. The molecular formula is C26H27N5O3S. The zero-order chi connectivity index (χ0) is 24.6. The number of aromatic nitrogens is 3. The van der Waals surface area contributed by atoms with Crippen molar-refractivity contribution < 1.29 is 13.3 Å². The number of allylic oxidation sites excluding steroid dienone is 2. The molecule has 1 aliphatic rings. The molecule has 0 amide bonds. The number of anilines is 1. The molecule has 1 saturated carbocycles. The van der Waals surface area contributed by atoms with E-state index in [0.717, 1.165) is 33.5 Å². The minimum absolute atomic E-state index is 0.198. The summed E-state index contributed by atoms with van der Waals surface area (Å²) in [7, 11) is -3.47. The second kappa shape index (κ2) is 9.16. The Morgan fingerprint density at radius 1 is 1.14 bits per heavy atom. The van der Waals surface area contributed by atoms with Crippen molar-refractivity contribution in [3.8, 4) is 22.4 Å². The van der Waals surface area contributed by atoms with E-state index in [-0.39, 0.29) is 11.2 Å². The number of sulfonamides is 1. The first-order valence-corrected chi connectivity index (χ1v) is 13.1. The van der Waals surface area contributed by atoms with Gasteiger partial charge < -0.3 is 9.82 Å². The third-order valence-corrected chi connectivity index (χ3v) is 8.06. The molecule has 4 N–H and O–H groups in total. The molecule has 5 rings (SSSR count). The lowest BCUT2D eigenvalue weighted by Crippen LogP contribution is -2.18. The van der Waals surface area contributed by atoms with Gasteiger partial charge >= 0.3 is 0 Å². The Balaban J connectivity index is 1.75. The number of H-pyrrole nitrogens is 1. The highest BCUT2D eigenvalue weighted by Gasteiger charge is 2.36. The molecule has 2 aromatic heterocycles. The lowest BCUT2D eigenvalue weighted by atomic mass is 9.93. The summed E-state index contributed by atoms with van der Waals surface area (Å²) in [6.07, 6.45) is 3.80. The highest BCUT2D eigenvalue weighted by molar-refractivity contribution is 7.93. The van der Waals surface area contributed by atoms with Gasteiger partial charge in [0.1, 0.15) is 5.76 Å². The van der Waals surface area contributed by atoms with Crippen molar-refractivity contribution in [3.63, 3.8) is 0 Å². The number of imidazole rings is 1. The van der Waals surface area contributed by atoms with E-state index >= 15 is 0 Å². The third-order valence-electron chi connectivity index (χ3n) is 6.24. The zero-order valence-corrected chi connectivity index (χ0v) is 20.4. The Kier molecular flexibility index (Phi) is 6.04. The Hall–Kier alpha value is -3.69. The van der Waals surface area contributed by atoms with Crippen molar-refractivity contribution >= 4 is 32.6 Å². The Morgan fingerprint density at radius 3 is 2.60 bits per heavy atom. The first-order chi connectivity index (χ1) is 16.9. The van der Waals surface area contributed by atoms with E-state index in [2.05, 4.69) is 19.7 Å². The van der Waals surface area contributed by atoms with Gasteiger partial charge in [-0.1, -0.05) is 43.3 Å². The fourth-order valence-corrected chi connectivity index (χ4v) is 5.61. The van der Waals surface area contributed by atoms with Gasteiger partial charge in [-0.25, -0.2) is 13.4 Å². The fraction of sp³-hybridized carbons (Fsp3) is 0.231. The molecule has 180 valence electrons. The average molecular weight is 490 g/mol. The molecule has 0 bridgehead atoms. The van der Waals surface area contributed by atoms with Crippen LogP contribution in [0.5, 0.6) is 0 Å². The summed E-state index contributed by atoms with van der Waals surface area (Å²) >= 11 is 0. The molecule has 8 nitrogen and oxygen atoms in total. The van der Waals surface area contributed by atoms with E-state index < -0.39 is 10.0 Å². The normalized spacial score (nSPS) is 14.6. The van der Waals surface area contributed by atoms with Crippen molar-refractivity contribution in [1.29, 1.82) is 0 Å². The van der Waals surface area contributed by atoms with Gasteiger partial charge in [0.15, 0.2) is 0 Å². The van der Waals surface area contributed by atoms with Crippen LogP contribution in [-0.4, -0.2) is 28.6 Å². The number of pyridine rings is 1. The zero-order valence-electron chi connectivity index (χ0n) is 19.6. The van der Waals surface area contributed by atoms with Crippen LogP contribution in [0.2, 0.25) is 0 Å². The molecule has 1 fully saturated rings. The van der Waals surface area contributed by atoms with Gasteiger partial charge in [-0.2, -0.15) is 5.90 Å². The van der Waals surface area contributed by atoms with Crippen molar-refractivity contribution in [2.24, 2.45) is 5.90 Å². The van der Waals surface area contributed by atoms with Crippen molar-refractivity contribution in [2.45, 2.75) is 38.4 Å². The van der Waals surface area contributed by atoms with Crippen LogP contribution in [-0.2, 0) is 14.9 Å². The molecule has 0 aliphatic heterocycles. The van der Waals surface area contributed by atoms with Gasteiger partial charge in [0.05, 0.1) is 22.0 Å². The van der Waals surface area contributed by atoms with Crippen molar-refractivity contribution in [3.05, 3.63) is 72.1 Å². The average Bonchev–Trinajstić information content (AvgIpc) is 3.66. The number of fused-ring (bicyclic) bond motifs is 1. The minimum Gasteiger partial charge on any atom is -0.416 e. The number of rotatable bonds is 8. The van der Waals surface area contributed by atoms with Crippen LogP contribution in [0.25, 0.3) is 39.0 Å². The molecule has 9 heteroatoms. The number of nitrogens with zero attached hydrogens (tertiary/aromatic N) is 2. The maximum Gasteiger partial charge on any atom is 0.237 e. The highest BCUT2D eigenvalue weighted by Crippen LogP contribution is 2.38. The maximum atomic E-state index is 12.6. The lowest BCUT2D eigenvalue weighted by molar-refractivity contribution is 0.224. The largest absolute Gasteiger partial charge is 0.416 e. The van der Waals surface area contributed by atoms with E-state index in [1.54, 1.807) is 6.20 Å². The maximum absolute atomic E-state index is 12.6. The first kappa shape index (κ1) is 23.1. The molecule has 0 atom stereocenters. The van der Waals surface area contributed by atoms with Gasteiger partial charge in [0, 0.05) is 22.9 Å². The Bertz CT molecular complexity index is 1520. The van der Waals surface area contributed by atoms with E-state index in [1.807, 2.05) is 68.4 Å². The summed E-state index contributed by atoms with van der Waals surface area (Å²) in [4.78, 5) is 17.6. The SMILES string of the molecule is CCC(=C(C)ON)c1cc(-c2cccnc2-c2ccccc2)c2nc(NS(=O)(=O)C3CC3)[nH]c2c1. The minimum atomic E-state index is -3.47. The molecule has 0 unspecified atom stereocenters. The predicted molar refractivity (Wildman–Crippen MR) is 138 cm³/mol. The number of nitrogens with two attached hydrogens (primary N) is 1. The highest BCUT2D eigenvalue weighted by atomic mass is 32.2. The van der Waals surface area contributed by atoms with Gasteiger partial charge in [-0.15, -0.1) is 0 Å².